The number of hydrogen-bond donors (Lipinski definition) is 1. The molecule has 0 radical (unpaired) electrons. The van der Waals surface area contributed by atoms with E-state index in [9.17, 15) is 14.0 Å². The molecule has 1 atom stereocenters. The number of nitrogens with zero attached hydrogens (tertiary/aromatic N) is 3. The number of nitrogens with one attached hydrogen (secondary N) is 1. The van der Waals surface area contributed by atoms with Gasteiger partial charge in [0, 0.05) is 23.4 Å². The van der Waals surface area contributed by atoms with Crippen LogP contribution in [0.25, 0.3) is 16.8 Å². The number of aryl methyl sites for hydroxylation is 3. The molecule has 2 aromatic heterocycles. The van der Waals surface area contributed by atoms with Crippen LogP contribution < -0.4 is 5.32 Å². The lowest BCUT2D eigenvalue weighted by Gasteiger charge is -2.20. The molecule has 0 aliphatic carbocycles. The van der Waals surface area contributed by atoms with E-state index in [1.54, 1.807) is 16.6 Å². The van der Waals surface area contributed by atoms with Crippen LogP contribution in [-0.2, 0) is 20.7 Å². The average Bonchev–Trinajstić information content (AvgIpc) is 3.07. The Labute approximate surface area is 187 Å². The Morgan fingerprint density at radius 1 is 1.12 bits per heavy atom. The first kappa shape index (κ1) is 23.4. The number of fused-ring (bicyclic) bond motifs is 1. The summed E-state index contributed by atoms with van der Waals surface area (Å²) in [6.45, 7) is 9.46. The Kier molecular flexibility index (Phi) is 6.91. The summed E-state index contributed by atoms with van der Waals surface area (Å²) < 4.78 is 19.9. The lowest BCUT2D eigenvalue weighted by Crippen LogP contribution is -2.45. The van der Waals surface area contributed by atoms with Gasteiger partial charge in [-0.2, -0.15) is 5.10 Å². The quantitative estimate of drug-likeness (QED) is 0.566. The van der Waals surface area contributed by atoms with Gasteiger partial charge >= 0.3 is 5.97 Å². The third kappa shape index (κ3) is 4.64. The predicted octanol–water partition coefficient (Wildman–Crippen LogP) is 3.71. The Balaban J connectivity index is 1.87. The summed E-state index contributed by atoms with van der Waals surface area (Å²) in [5.41, 5.74) is 5.82. The molecule has 3 rings (SSSR count). The molecular formula is C24H29FN4O3. The molecule has 1 N–H and O–H groups in total. The van der Waals surface area contributed by atoms with Crippen molar-refractivity contribution in [3.8, 4) is 11.1 Å². The lowest BCUT2D eigenvalue weighted by molar-refractivity contribution is -0.146. The summed E-state index contributed by atoms with van der Waals surface area (Å²) in [7, 11) is 1.31. The third-order valence-electron chi connectivity index (χ3n) is 5.67. The number of esters is 1. The maximum atomic E-state index is 13.4. The van der Waals surface area contributed by atoms with E-state index < -0.39 is 12.0 Å². The van der Waals surface area contributed by atoms with Crippen molar-refractivity contribution in [1.82, 2.24) is 19.9 Å². The van der Waals surface area contributed by atoms with E-state index in [1.807, 2.05) is 34.6 Å². The van der Waals surface area contributed by atoms with E-state index in [0.29, 0.717) is 12.1 Å². The van der Waals surface area contributed by atoms with Crippen molar-refractivity contribution in [1.29, 1.82) is 0 Å². The van der Waals surface area contributed by atoms with Gasteiger partial charge in [-0.25, -0.2) is 18.7 Å². The molecular weight excluding hydrogens is 411 g/mol. The number of benzene rings is 1. The maximum absolute atomic E-state index is 13.4. The molecule has 0 fully saturated rings. The van der Waals surface area contributed by atoms with Crippen LogP contribution >= 0.6 is 0 Å². The number of methoxy groups -OCH3 is 1. The highest BCUT2D eigenvalue weighted by atomic mass is 19.1. The SMILES string of the molecule is COC(=O)C(NC(=O)CCc1c(C)nc2c(-c3ccc(F)cc3)c(C)nn2c1C)C(C)C. The molecule has 0 bridgehead atoms. The molecule has 1 unspecified atom stereocenters. The van der Waals surface area contributed by atoms with Crippen LogP contribution in [0, 0.1) is 32.5 Å². The van der Waals surface area contributed by atoms with Crippen molar-refractivity contribution in [2.45, 2.75) is 53.5 Å². The topological polar surface area (TPSA) is 85.6 Å². The van der Waals surface area contributed by atoms with Crippen molar-refractivity contribution in [3.05, 3.63) is 52.7 Å². The third-order valence-corrected chi connectivity index (χ3v) is 5.67. The molecule has 0 spiro atoms. The molecule has 0 aliphatic rings. The van der Waals surface area contributed by atoms with Crippen LogP contribution in [0.4, 0.5) is 4.39 Å². The Morgan fingerprint density at radius 2 is 1.78 bits per heavy atom. The summed E-state index contributed by atoms with van der Waals surface area (Å²) in [5, 5.41) is 7.41. The van der Waals surface area contributed by atoms with E-state index in [4.69, 9.17) is 9.72 Å². The first-order chi connectivity index (χ1) is 15.1. The standard InChI is InChI=1S/C24H29FN4O3/c1-13(2)22(24(31)32-6)27-20(30)12-11-19-14(3)26-23-21(15(4)28-29(23)16(19)5)17-7-9-18(25)10-8-17/h7-10,13,22H,11-12H2,1-6H3,(H,27,30). The molecule has 0 aliphatic heterocycles. The lowest BCUT2D eigenvalue weighted by atomic mass is 10.0. The molecule has 0 saturated carbocycles. The van der Waals surface area contributed by atoms with E-state index in [2.05, 4.69) is 10.4 Å². The fourth-order valence-corrected chi connectivity index (χ4v) is 3.89. The Hall–Kier alpha value is -3.29. The van der Waals surface area contributed by atoms with Gasteiger partial charge in [-0.1, -0.05) is 26.0 Å². The number of rotatable bonds is 7. The van der Waals surface area contributed by atoms with E-state index in [0.717, 1.165) is 33.8 Å². The van der Waals surface area contributed by atoms with Gasteiger partial charge in [0.25, 0.3) is 0 Å². The van der Waals surface area contributed by atoms with Gasteiger partial charge in [0.05, 0.1) is 12.8 Å². The fraction of sp³-hybridized carbons (Fsp3) is 0.417. The minimum atomic E-state index is -0.678. The summed E-state index contributed by atoms with van der Waals surface area (Å²) in [4.78, 5) is 29.2. The van der Waals surface area contributed by atoms with Crippen LogP contribution in [0.5, 0.6) is 0 Å². The smallest absolute Gasteiger partial charge is 0.328 e. The largest absolute Gasteiger partial charge is 0.467 e. The fourth-order valence-electron chi connectivity index (χ4n) is 3.89. The molecule has 1 aromatic carbocycles. The second-order valence-corrected chi connectivity index (χ2v) is 8.28. The second-order valence-electron chi connectivity index (χ2n) is 8.28. The first-order valence-electron chi connectivity index (χ1n) is 10.6. The molecule has 0 saturated heterocycles. The van der Waals surface area contributed by atoms with Gasteiger partial charge in [0.2, 0.25) is 5.91 Å². The zero-order valence-electron chi connectivity index (χ0n) is 19.3. The van der Waals surface area contributed by atoms with Gasteiger partial charge in [0.1, 0.15) is 11.9 Å². The molecule has 2 heterocycles. The Morgan fingerprint density at radius 3 is 2.38 bits per heavy atom. The number of halogens is 1. The van der Waals surface area contributed by atoms with Gasteiger partial charge in [-0.15, -0.1) is 0 Å². The van der Waals surface area contributed by atoms with Crippen molar-refractivity contribution in [2.24, 2.45) is 5.92 Å². The summed E-state index contributed by atoms with van der Waals surface area (Å²) in [6, 6.07) is 5.60. The maximum Gasteiger partial charge on any atom is 0.328 e. The predicted molar refractivity (Wildman–Crippen MR) is 120 cm³/mol. The van der Waals surface area contributed by atoms with Crippen molar-refractivity contribution >= 4 is 17.5 Å². The molecule has 1 amide bonds. The highest BCUT2D eigenvalue weighted by Gasteiger charge is 2.25. The molecule has 8 heteroatoms. The van der Waals surface area contributed by atoms with E-state index in [-0.39, 0.29) is 24.1 Å². The molecule has 3 aromatic rings. The number of carbonyl (C=O) groups is 2. The van der Waals surface area contributed by atoms with Gasteiger partial charge in [0.15, 0.2) is 5.65 Å². The minimum Gasteiger partial charge on any atom is -0.467 e. The van der Waals surface area contributed by atoms with E-state index >= 15 is 0 Å². The number of ether oxygens (including phenoxy) is 1. The van der Waals surface area contributed by atoms with Crippen molar-refractivity contribution in [2.75, 3.05) is 7.11 Å². The van der Waals surface area contributed by atoms with Crippen LogP contribution in [0.2, 0.25) is 0 Å². The van der Waals surface area contributed by atoms with Crippen molar-refractivity contribution < 1.29 is 18.7 Å². The molecule has 170 valence electrons. The van der Waals surface area contributed by atoms with Crippen LogP contribution in [-0.4, -0.2) is 39.6 Å². The number of aromatic nitrogens is 3. The van der Waals surface area contributed by atoms with Gasteiger partial charge in [-0.3, -0.25) is 4.79 Å². The second kappa shape index (κ2) is 9.46. The van der Waals surface area contributed by atoms with Crippen molar-refractivity contribution in [3.63, 3.8) is 0 Å². The Bertz CT molecular complexity index is 1150. The molecule has 7 nitrogen and oxygen atoms in total. The summed E-state index contributed by atoms with van der Waals surface area (Å²) >= 11 is 0. The van der Waals surface area contributed by atoms with Gasteiger partial charge in [-0.05, 0) is 56.4 Å². The molecule has 32 heavy (non-hydrogen) atoms. The summed E-state index contributed by atoms with van der Waals surface area (Å²) in [5.74, 6) is -1.05. The average molecular weight is 441 g/mol. The number of amides is 1. The number of hydrogen-bond acceptors (Lipinski definition) is 5. The van der Waals surface area contributed by atoms with Crippen LogP contribution in [0.15, 0.2) is 24.3 Å². The normalized spacial score (nSPS) is 12.2. The van der Waals surface area contributed by atoms with Crippen LogP contribution in [0.1, 0.15) is 42.9 Å². The highest BCUT2D eigenvalue weighted by molar-refractivity contribution is 5.85. The number of carbonyl (C=O) groups excluding carboxylic acids is 2. The van der Waals surface area contributed by atoms with Crippen LogP contribution in [0.3, 0.4) is 0 Å². The zero-order chi connectivity index (χ0) is 23.6. The monoisotopic (exact) mass is 440 g/mol. The van der Waals surface area contributed by atoms with E-state index in [1.165, 1.54) is 19.2 Å². The zero-order valence-corrected chi connectivity index (χ0v) is 19.3. The summed E-state index contributed by atoms with van der Waals surface area (Å²) in [6.07, 6.45) is 0.670. The highest BCUT2D eigenvalue weighted by Crippen LogP contribution is 2.29. The first-order valence-corrected chi connectivity index (χ1v) is 10.6. The van der Waals surface area contributed by atoms with Gasteiger partial charge < -0.3 is 10.1 Å². The minimum absolute atomic E-state index is 0.0789.